The number of rotatable bonds is 6. The van der Waals surface area contributed by atoms with Gasteiger partial charge in [0.2, 0.25) is 0 Å². The molecule has 1 rings (SSSR count). The Morgan fingerprint density at radius 3 is 2.78 bits per heavy atom. The van der Waals surface area contributed by atoms with E-state index in [2.05, 4.69) is 19.2 Å². The van der Waals surface area contributed by atoms with Crippen molar-refractivity contribution in [3.63, 3.8) is 0 Å². The van der Waals surface area contributed by atoms with Crippen LogP contribution in [-0.4, -0.2) is 23.4 Å². The topological polar surface area (TPSA) is 49.3 Å². The first-order valence-corrected chi connectivity index (χ1v) is 6.61. The Morgan fingerprint density at radius 2 is 2.17 bits per heavy atom. The molecule has 18 heavy (non-hydrogen) atoms. The molecule has 0 saturated heterocycles. The molecule has 1 amide bonds. The number of carbonyl (C=O) groups is 1. The molecular formula is C14H20ClNO2. The second-order valence-electron chi connectivity index (χ2n) is 5.19. The highest BCUT2D eigenvalue weighted by atomic mass is 35.5. The zero-order chi connectivity index (χ0) is 13.6. The second kappa shape index (κ2) is 6.64. The number of amides is 1. The molecule has 0 bridgehead atoms. The van der Waals surface area contributed by atoms with Crippen LogP contribution in [-0.2, 0) is 0 Å². The van der Waals surface area contributed by atoms with Gasteiger partial charge in [-0.3, -0.25) is 4.79 Å². The Bertz CT molecular complexity index is 405. The number of hydrogen-bond acceptors (Lipinski definition) is 2. The Kier molecular flexibility index (Phi) is 5.48. The third-order valence-electron chi connectivity index (χ3n) is 2.82. The van der Waals surface area contributed by atoms with E-state index in [1.807, 2.05) is 0 Å². The highest BCUT2D eigenvalue weighted by Crippen LogP contribution is 2.21. The van der Waals surface area contributed by atoms with Crippen LogP contribution in [0.4, 0.5) is 0 Å². The molecule has 0 aliphatic rings. The van der Waals surface area contributed by atoms with Crippen molar-refractivity contribution in [2.45, 2.75) is 26.7 Å². The molecule has 2 N–H and O–H groups in total. The fourth-order valence-corrected chi connectivity index (χ4v) is 1.84. The first-order valence-electron chi connectivity index (χ1n) is 6.08. The van der Waals surface area contributed by atoms with E-state index in [0.29, 0.717) is 18.0 Å². The first-order chi connectivity index (χ1) is 8.44. The number of nitrogens with one attached hydrogen (secondary N) is 1. The molecule has 0 fully saturated rings. The number of aromatic hydroxyl groups is 1. The highest BCUT2D eigenvalue weighted by molar-refractivity contribution is 6.17. The molecule has 1 aromatic carbocycles. The van der Waals surface area contributed by atoms with Gasteiger partial charge in [-0.15, -0.1) is 11.6 Å². The highest BCUT2D eigenvalue weighted by Gasteiger charge is 2.18. The van der Waals surface area contributed by atoms with Gasteiger partial charge in [0, 0.05) is 18.0 Å². The third kappa shape index (κ3) is 4.96. The van der Waals surface area contributed by atoms with Crippen LogP contribution in [0.1, 0.15) is 37.0 Å². The number of halogens is 1. The fourth-order valence-electron chi connectivity index (χ4n) is 1.70. The van der Waals surface area contributed by atoms with Crippen molar-refractivity contribution in [3.05, 3.63) is 29.8 Å². The van der Waals surface area contributed by atoms with E-state index in [1.54, 1.807) is 18.2 Å². The van der Waals surface area contributed by atoms with Gasteiger partial charge in [-0.25, -0.2) is 0 Å². The monoisotopic (exact) mass is 269 g/mol. The number of phenols is 1. The first kappa shape index (κ1) is 14.8. The molecule has 0 aliphatic heterocycles. The summed E-state index contributed by atoms with van der Waals surface area (Å²) in [4.78, 5) is 11.9. The average Bonchev–Trinajstić information content (AvgIpc) is 2.34. The van der Waals surface area contributed by atoms with Crippen LogP contribution in [0, 0.1) is 5.41 Å². The molecular weight excluding hydrogens is 250 g/mol. The van der Waals surface area contributed by atoms with E-state index in [4.69, 9.17) is 11.6 Å². The number of alkyl halides is 1. The minimum Gasteiger partial charge on any atom is -0.508 e. The Labute approximate surface area is 113 Å². The molecule has 0 atom stereocenters. The summed E-state index contributed by atoms with van der Waals surface area (Å²) < 4.78 is 0. The maximum absolute atomic E-state index is 11.9. The Morgan fingerprint density at radius 1 is 1.44 bits per heavy atom. The predicted molar refractivity (Wildman–Crippen MR) is 74.2 cm³/mol. The molecule has 0 aliphatic carbocycles. The summed E-state index contributed by atoms with van der Waals surface area (Å²) >= 11 is 5.67. The van der Waals surface area contributed by atoms with E-state index >= 15 is 0 Å². The SMILES string of the molecule is CC(C)(CCCCl)CNC(=O)c1cccc(O)c1. The summed E-state index contributed by atoms with van der Waals surface area (Å²) in [6.45, 7) is 4.79. The lowest BCUT2D eigenvalue weighted by Gasteiger charge is -2.24. The minimum absolute atomic E-state index is 0.0291. The van der Waals surface area contributed by atoms with Gasteiger partial charge < -0.3 is 10.4 Å². The maximum Gasteiger partial charge on any atom is 0.251 e. The van der Waals surface area contributed by atoms with Gasteiger partial charge in [-0.2, -0.15) is 0 Å². The molecule has 0 unspecified atom stereocenters. The third-order valence-corrected chi connectivity index (χ3v) is 3.09. The summed E-state index contributed by atoms with van der Waals surface area (Å²) in [5, 5.41) is 12.2. The quantitative estimate of drug-likeness (QED) is 0.780. The van der Waals surface area contributed by atoms with Crippen LogP contribution in [0.15, 0.2) is 24.3 Å². The van der Waals surface area contributed by atoms with Crippen LogP contribution in [0.2, 0.25) is 0 Å². The molecule has 100 valence electrons. The Hall–Kier alpha value is -1.22. The lowest BCUT2D eigenvalue weighted by Crippen LogP contribution is -2.34. The van der Waals surface area contributed by atoms with Crippen LogP contribution < -0.4 is 5.32 Å². The standard InChI is InChI=1S/C14H20ClNO2/c1-14(2,7-4-8-15)10-16-13(18)11-5-3-6-12(17)9-11/h3,5-6,9,17H,4,7-8,10H2,1-2H3,(H,16,18). The van der Waals surface area contributed by atoms with Gasteiger partial charge in [-0.1, -0.05) is 19.9 Å². The van der Waals surface area contributed by atoms with Gasteiger partial charge in [0.15, 0.2) is 0 Å². The summed E-state index contributed by atoms with van der Waals surface area (Å²) in [6, 6.07) is 6.34. The molecule has 3 nitrogen and oxygen atoms in total. The van der Waals surface area contributed by atoms with Crippen molar-refractivity contribution in [1.82, 2.24) is 5.32 Å². The van der Waals surface area contributed by atoms with Crippen LogP contribution in [0.25, 0.3) is 0 Å². The predicted octanol–water partition coefficient (Wildman–Crippen LogP) is 3.17. The minimum atomic E-state index is -0.162. The fraction of sp³-hybridized carbons (Fsp3) is 0.500. The van der Waals surface area contributed by atoms with Gasteiger partial charge in [0.25, 0.3) is 5.91 Å². The van der Waals surface area contributed by atoms with Crippen molar-refractivity contribution < 1.29 is 9.90 Å². The van der Waals surface area contributed by atoms with Crippen molar-refractivity contribution in [3.8, 4) is 5.75 Å². The van der Waals surface area contributed by atoms with Crippen molar-refractivity contribution in [1.29, 1.82) is 0 Å². The average molecular weight is 270 g/mol. The largest absolute Gasteiger partial charge is 0.508 e. The normalized spacial score (nSPS) is 11.3. The van der Waals surface area contributed by atoms with Crippen LogP contribution in [0.3, 0.4) is 0 Å². The van der Waals surface area contributed by atoms with Crippen LogP contribution in [0.5, 0.6) is 5.75 Å². The lowest BCUT2D eigenvalue weighted by atomic mass is 9.88. The lowest BCUT2D eigenvalue weighted by molar-refractivity contribution is 0.0934. The Balaban J connectivity index is 2.50. The zero-order valence-electron chi connectivity index (χ0n) is 10.9. The molecule has 0 radical (unpaired) electrons. The van der Waals surface area contributed by atoms with Crippen LogP contribution >= 0.6 is 11.6 Å². The molecule has 1 aromatic rings. The molecule has 0 heterocycles. The number of benzene rings is 1. The van der Waals surface area contributed by atoms with Crippen molar-refractivity contribution in [2.75, 3.05) is 12.4 Å². The number of hydrogen-bond donors (Lipinski definition) is 2. The van der Waals surface area contributed by atoms with Gasteiger partial charge >= 0.3 is 0 Å². The van der Waals surface area contributed by atoms with E-state index in [0.717, 1.165) is 12.8 Å². The summed E-state index contributed by atoms with van der Waals surface area (Å²) in [5.74, 6) is 0.582. The van der Waals surface area contributed by atoms with E-state index in [-0.39, 0.29) is 17.1 Å². The smallest absolute Gasteiger partial charge is 0.251 e. The number of phenolic OH excluding ortho intramolecular Hbond substituents is 1. The van der Waals surface area contributed by atoms with E-state index in [9.17, 15) is 9.90 Å². The van der Waals surface area contributed by atoms with E-state index in [1.165, 1.54) is 6.07 Å². The maximum atomic E-state index is 11.9. The van der Waals surface area contributed by atoms with Gasteiger partial charge in [-0.05, 0) is 36.5 Å². The number of carbonyl (C=O) groups excluding carboxylic acids is 1. The molecule has 4 heteroatoms. The summed E-state index contributed by atoms with van der Waals surface area (Å²) in [7, 11) is 0. The summed E-state index contributed by atoms with van der Waals surface area (Å²) in [5.41, 5.74) is 0.504. The molecule has 0 saturated carbocycles. The summed E-state index contributed by atoms with van der Waals surface area (Å²) in [6.07, 6.45) is 1.91. The van der Waals surface area contributed by atoms with Gasteiger partial charge in [0.1, 0.15) is 5.75 Å². The van der Waals surface area contributed by atoms with Gasteiger partial charge in [0.05, 0.1) is 0 Å². The zero-order valence-corrected chi connectivity index (χ0v) is 11.6. The van der Waals surface area contributed by atoms with Crippen molar-refractivity contribution in [2.24, 2.45) is 5.41 Å². The second-order valence-corrected chi connectivity index (χ2v) is 5.57. The molecule has 0 spiro atoms. The molecule has 0 aromatic heterocycles. The van der Waals surface area contributed by atoms with E-state index < -0.39 is 0 Å². The van der Waals surface area contributed by atoms with Crippen molar-refractivity contribution >= 4 is 17.5 Å².